The van der Waals surface area contributed by atoms with Gasteiger partial charge in [-0.25, -0.2) is 0 Å². The molecule has 0 atom stereocenters. The summed E-state index contributed by atoms with van der Waals surface area (Å²) in [4.78, 5) is 23.9. The largest absolute Gasteiger partial charge is 0.493 e. The number of carbonyl (C=O) groups is 1. The van der Waals surface area contributed by atoms with Gasteiger partial charge >= 0.3 is 5.97 Å². The van der Waals surface area contributed by atoms with E-state index in [1.165, 1.54) is 0 Å². The summed E-state index contributed by atoms with van der Waals surface area (Å²) in [6.07, 6.45) is 5.65. The van der Waals surface area contributed by atoms with Crippen LogP contribution < -0.4 is 15.0 Å². The van der Waals surface area contributed by atoms with Crippen LogP contribution in [0.4, 0.5) is 0 Å². The lowest BCUT2D eigenvalue weighted by atomic mass is 10.1. The van der Waals surface area contributed by atoms with Crippen molar-refractivity contribution in [2.24, 2.45) is 0 Å². The third-order valence-corrected chi connectivity index (χ3v) is 5.31. The number of benzene rings is 2. The van der Waals surface area contributed by atoms with Crippen molar-refractivity contribution in [2.45, 2.75) is 45.6 Å². The number of hydrogen-bond acceptors (Lipinski definition) is 4. The number of unbranched alkanes of at least 4 members (excludes halogenated alkanes) is 2. The van der Waals surface area contributed by atoms with Crippen molar-refractivity contribution in [1.82, 2.24) is 4.57 Å². The van der Waals surface area contributed by atoms with Gasteiger partial charge in [0.2, 0.25) is 0 Å². The van der Waals surface area contributed by atoms with E-state index in [4.69, 9.17) is 14.6 Å². The van der Waals surface area contributed by atoms with E-state index in [0.29, 0.717) is 36.5 Å². The Morgan fingerprint density at radius 1 is 1.00 bits per heavy atom. The second kappa shape index (κ2) is 10.7. The molecule has 0 unspecified atom stereocenters. The van der Waals surface area contributed by atoms with Gasteiger partial charge in [0.05, 0.1) is 25.5 Å². The molecule has 0 amide bonds. The minimum absolute atomic E-state index is 0.0106. The first-order chi connectivity index (χ1) is 15.0. The third-order valence-electron chi connectivity index (χ3n) is 5.31. The lowest BCUT2D eigenvalue weighted by Gasteiger charge is -2.14. The molecule has 0 fully saturated rings. The Kier molecular flexibility index (Phi) is 7.70. The van der Waals surface area contributed by atoms with E-state index >= 15 is 0 Å². The van der Waals surface area contributed by atoms with Gasteiger partial charge in [-0.05, 0) is 42.2 Å². The molecule has 6 heteroatoms. The predicted molar refractivity (Wildman–Crippen MR) is 121 cm³/mol. The van der Waals surface area contributed by atoms with E-state index in [1.54, 1.807) is 30.0 Å². The molecule has 2 aromatic carbocycles. The lowest BCUT2D eigenvalue weighted by Crippen LogP contribution is -2.20. The molecule has 3 aromatic rings. The Hall–Kier alpha value is -3.28. The zero-order valence-corrected chi connectivity index (χ0v) is 18.1. The van der Waals surface area contributed by atoms with Crippen LogP contribution in [0.1, 0.15) is 37.3 Å². The number of aryl methyl sites for hydroxylation is 2. The van der Waals surface area contributed by atoms with Gasteiger partial charge in [-0.15, -0.1) is 0 Å². The zero-order chi connectivity index (χ0) is 22.2. The van der Waals surface area contributed by atoms with E-state index in [-0.39, 0.29) is 12.0 Å². The molecule has 0 aliphatic carbocycles. The van der Waals surface area contributed by atoms with Crippen LogP contribution in [0.2, 0.25) is 0 Å². The van der Waals surface area contributed by atoms with Crippen LogP contribution in [-0.2, 0) is 24.2 Å². The summed E-state index contributed by atoms with van der Waals surface area (Å²) < 4.78 is 13.1. The Labute approximate surface area is 182 Å². The van der Waals surface area contributed by atoms with Crippen LogP contribution in [0, 0.1) is 0 Å². The fraction of sp³-hybridized carbons (Fsp3) is 0.360. The summed E-state index contributed by atoms with van der Waals surface area (Å²) in [5.41, 5.74) is 1.75. The zero-order valence-electron chi connectivity index (χ0n) is 18.1. The topological polar surface area (TPSA) is 77.8 Å². The molecule has 1 aromatic heterocycles. The first-order valence-electron chi connectivity index (χ1n) is 10.7. The number of carboxylic acids is 1. The van der Waals surface area contributed by atoms with E-state index in [1.807, 2.05) is 30.3 Å². The summed E-state index contributed by atoms with van der Waals surface area (Å²) in [6.45, 7) is 3.27. The quantitative estimate of drug-likeness (QED) is 0.461. The number of rotatable bonds is 11. The maximum atomic E-state index is 13.1. The van der Waals surface area contributed by atoms with Gasteiger partial charge in [0, 0.05) is 18.1 Å². The number of fused-ring (bicyclic) bond motifs is 1. The van der Waals surface area contributed by atoms with Gasteiger partial charge in [0.15, 0.2) is 11.5 Å². The maximum absolute atomic E-state index is 13.1. The number of pyridine rings is 1. The normalized spacial score (nSPS) is 10.9. The molecule has 1 heterocycles. The molecular formula is C25H29NO5. The smallest absolute Gasteiger partial charge is 0.307 e. The number of nitrogens with zero attached hydrogens (tertiary/aromatic N) is 1. The standard InChI is InChI=1S/C25H29NO5/c1-3-4-5-16-31-24-20-13-15-26(25(29)21(20)10-11-22(24)30-2)14-12-18-6-8-19(9-7-18)17-23(27)28/h6-11,13,15H,3-5,12,14,16-17H2,1-2H3,(H,27,28). The highest BCUT2D eigenvalue weighted by Crippen LogP contribution is 2.34. The van der Waals surface area contributed by atoms with Crippen LogP contribution in [0.3, 0.4) is 0 Å². The summed E-state index contributed by atoms with van der Waals surface area (Å²) in [5.74, 6) is 0.401. The molecule has 0 bridgehead atoms. The van der Waals surface area contributed by atoms with Crippen molar-refractivity contribution in [3.8, 4) is 11.5 Å². The Bertz CT molecular complexity index is 1090. The number of methoxy groups -OCH3 is 1. The minimum Gasteiger partial charge on any atom is -0.493 e. The number of carboxylic acid groups (broad SMARTS) is 1. The van der Waals surface area contributed by atoms with E-state index in [2.05, 4.69) is 6.92 Å². The first kappa shape index (κ1) is 22.4. The van der Waals surface area contributed by atoms with Crippen molar-refractivity contribution < 1.29 is 19.4 Å². The van der Waals surface area contributed by atoms with Crippen molar-refractivity contribution in [1.29, 1.82) is 0 Å². The van der Waals surface area contributed by atoms with Crippen LogP contribution >= 0.6 is 0 Å². The highest BCUT2D eigenvalue weighted by molar-refractivity contribution is 5.90. The highest BCUT2D eigenvalue weighted by Gasteiger charge is 2.13. The Balaban J connectivity index is 1.79. The molecule has 164 valence electrons. The van der Waals surface area contributed by atoms with Gasteiger partial charge in [0.25, 0.3) is 5.56 Å². The fourth-order valence-corrected chi connectivity index (χ4v) is 3.58. The van der Waals surface area contributed by atoms with Crippen molar-refractivity contribution >= 4 is 16.7 Å². The van der Waals surface area contributed by atoms with E-state index < -0.39 is 5.97 Å². The van der Waals surface area contributed by atoms with Crippen LogP contribution in [-0.4, -0.2) is 29.4 Å². The van der Waals surface area contributed by atoms with E-state index in [9.17, 15) is 9.59 Å². The predicted octanol–water partition coefficient (Wildman–Crippen LogP) is 4.45. The van der Waals surface area contributed by atoms with Gasteiger partial charge in [0.1, 0.15) is 0 Å². The maximum Gasteiger partial charge on any atom is 0.307 e. The van der Waals surface area contributed by atoms with Crippen LogP contribution in [0.15, 0.2) is 53.5 Å². The summed E-state index contributed by atoms with van der Waals surface area (Å²) >= 11 is 0. The summed E-state index contributed by atoms with van der Waals surface area (Å²) in [5, 5.41) is 10.2. The minimum atomic E-state index is -0.846. The SMILES string of the molecule is CCCCCOc1c(OC)ccc2c(=O)n(CCc3ccc(CC(=O)O)cc3)ccc12. The molecular weight excluding hydrogens is 394 g/mol. The molecule has 6 nitrogen and oxygen atoms in total. The Morgan fingerprint density at radius 2 is 1.74 bits per heavy atom. The van der Waals surface area contributed by atoms with Gasteiger partial charge in [-0.1, -0.05) is 44.0 Å². The summed E-state index contributed by atoms with van der Waals surface area (Å²) in [6, 6.07) is 12.9. The molecule has 0 aliphatic heterocycles. The van der Waals surface area contributed by atoms with Crippen molar-refractivity contribution in [2.75, 3.05) is 13.7 Å². The van der Waals surface area contributed by atoms with Gasteiger partial charge in [-0.3, -0.25) is 9.59 Å². The monoisotopic (exact) mass is 423 g/mol. The average Bonchev–Trinajstić information content (AvgIpc) is 2.77. The second-order valence-corrected chi connectivity index (χ2v) is 7.57. The molecule has 0 saturated carbocycles. The average molecular weight is 424 g/mol. The summed E-state index contributed by atoms with van der Waals surface area (Å²) in [7, 11) is 1.60. The first-order valence-corrected chi connectivity index (χ1v) is 10.7. The molecule has 0 radical (unpaired) electrons. The van der Waals surface area contributed by atoms with Crippen molar-refractivity contribution in [3.05, 3.63) is 70.1 Å². The highest BCUT2D eigenvalue weighted by atomic mass is 16.5. The lowest BCUT2D eigenvalue weighted by molar-refractivity contribution is -0.136. The van der Waals surface area contributed by atoms with Gasteiger partial charge < -0.3 is 19.1 Å². The second-order valence-electron chi connectivity index (χ2n) is 7.57. The van der Waals surface area contributed by atoms with Gasteiger partial charge in [-0.2, -0.15) is 0 Å². The molecule has 0 aliphatic rings. The molecule has 0 spiro atoms. The number of aromatic nitrogens is 1. The fourth-order valence-electron chi connectivity index (χ4n) is 3.58. The van der Waals surface area contributed by atoms with E-state index in [0.717, 1.165) is 35.8 Å². The molecule has 1 N–H and O–H groups in total. The molecule has 0 saturated heterocycles. The Morgan fingerprint density at radius 3 is 2.42 bits per heavy atom. The molecule has 3 rings (SSSR count). The van der Waals surface area contributed by atoms with Crippen molar-refractivity contribution in [3.63, 3.8) is 0 Å². The van der Waals surface area contributed by atoms with Crippen LogP contribution in [0.5, 0.6) is 11.5 Å². The number of ether oxygens (including phenoxy) is 2. The molecule has 31 heavy (non-hydrogen) atoms. The third kappa shape index (κ3) is 5.66. The number of hydrogen-bond donors (Lipinski definition) is 1. The number of aliphatic carboxylic acids is 1. The van der Waals surface area contributed by atoms with Crippen LogP contribution in [0.25, 0.3) is 10.8 Å².